The Morgan fingerprint density at radius 2 is 2.21 bits per heavy atom. The summed E-state index contributed by atoms with van der Waals surface area (Å²) >= 11 is 0. The zero-order valence-corrected chi connectivity index (χ0v) is 8.24. The van der Waals surface area contributed by atoms with Crippen LogP contribution in [-0.2, 0) is 4.74 Å². The van der Waals surface area contributed by atoms with Gasteiger partial charge in [-0.1, -0.05) is 0 Å². The summed E-state index contributed by atoms with van der Waals surface area (Å²) < 4.78 is 9.86. The van der Waals surface area contributed by atoms with Crippen LogP contribution in [0.3, 0.4) is 0 Å². The average molecular weight is 195 g/mol. The van der Waals surface area contributed by atoms with Gasteiger partial charge < -0.3 is 15.2 Å². The van der Waals surface area contributed by atoms with Crippen molar-refractivity contribution < 1.29 is 14.3 Å². The minimum Gasteiger partial charge on any atom is -0.496 e. The average Bonchev–Trinajstić information content (AvgIpc) is 2.18. The van der Waals surface area contributed by atoms with Gasteiger partial charge in [0.2, 0.25) is 0 Å². The van der Waals surface area contributed by atoms with Gasteiger partial charge in [-0.05, 0) is 25.1 Å². The molecule has 0 aliphatic rings. The lowest BCUT2D eigenvalue weighted by atomic mass is 10.2. The van der Waals surface area contributed by atoms with Crippen LogP contribution in [0.5, 0.6) is 5.75 Å². The third-order valence-corrected chi connectivity index (χ3v) is 1.72. The molecule has 0 fully saturated rings. The van der Waals surface area contributed by atoms with E-state index in [4.69, 9.17) is 15.2 Å². The first-order chi connectivity index (χ1) is 6.69. The monoisotopic (exact) mass is 195 g/mol. The molecule has 0 spiro atoms. The Bertz CT molecular complexity index is 336. The molecule has 1 rings (SSSR count). The molecule has 0 saturated heterocycles. The van der Waals surface area contributed by atoms with Crippen LogP contribution < -0.4 is 10.5 Å². The number of carbonyl (C=O) groups excluding carboxylic acids is 1. The van der Waals surface area contributed by atoms with Crippen LogP contribution in [0.2, 0.25) is 0 Å². The normalized spacial score (nSPS) is 9.57. The Balaban J connectivity index is 3.03. The van der Waals surface area contributed by atoms with Crippen LogP contribution in [0.1, 0.15) is 17.3 Å². The van der Waals surface area contributed by atoms with Crippen molar-refractivity contribution in [2.24, 2.45) is 0 Å². The number of nitrogens with two attached hydrogens (primary N) is 1. The van der Waals surface area contributed by atoms with Gasteiger partial charge in [-0.2, -0.15) is 0 Å². The smallest absolute Gasteiger partial charge is 0.341 e. The Morgan fingerprint density at radius 1 is 1.50 bits per heavy atom. The summed E-state index contributed by atoms with van der Waals surface area (Å²) in [4.78, 5) is 11.4. The second kappa shape index (κ2) is 4.50. The van der Waals surface area contributed by atoms with Crippen molar-refractivity contribution in [1.29, 1.82) is 0 Å². The second-order valence-corrected chi connectivity index (χ2v) is 2.68. The Labute approximate surface area is 82.6 Å². The van der Waals surface area contributed by atoms with E-state index >= 15 is 0 Å². The molecule has 0 saturated carbocycles. The van der Waals surface area contributed by atoms with E-state index in [1.807, 2.05) is 0 Å². The highest BCUT2D eigenvalue weighted by molar-refractivity contribution is 5.93. The molecule has 0 aliphatic heterocycles. The summed E-state index contributed by atoms with van der Waals surface area (Å²) in [5.74, 6) is 0.0503. The van der Waals surface area contributed by atoms with Crippen molar-refractivity contribution in [2.45, 2.75) is 6.92 Å². The van der Waals surface area contributed by atoms with Crippen LogP contribution >= 0.6 is 0 Å². The highest BCUT2D eigenvalue weighted by Gasteiger charge is 2.12. The largest absolute Gasteiger partial charge is 0.496 e. The van der Waals surface area contributed by atoms with Gasteiger partial charge in [-0.25, -0.2) is 4.79 Å². The number of ether oxygens (including phenoxy) is 2. The number of hydrogen-bond donors (Lipinski definition) is 1. The van der Waals surface area contributed by atoms with Crippen molar-refractivity contribution in [3.8, 4) is 5.75 Å². The number of hydrogen-bond acceptors (Lipinski definition) is 4. The fourth-order valence-electron chi connectivity index (χ4n) is 1.09. The number of anilines is 1. The first-order valence-corrected chi connectivity index (χ1v) is 4.29. The molecule has 2 N–H and O–H groups in total. The van der Waals surface area contributed by atoms with E-state index in [1.165, 1.54) is 13.2 Å². The van der Waals surface area contributed by atoms with Gasteiger partial charge in [-0.15, -0.1) is 0 Å². The number of nitrogen functional groups attached to an aromatic ring is 1. The Kier molecular flexibility index (Phi) is 3.34. The van der Waals surface area contributed by atoms with Gasteiger partial charge in [0.15, 0.2) is 0 Å². The van der Waals surface area contributed by atoms with E-state index in [0.717, 1.165) is 0 Å². The van der Waals surface area contributed by atoms with Crippen LogP contribution in [0, 0.1) is 0 Å². The zero-order valence-electron chi connectivity index (χ0n) is 8.24. The molecule has 0 amide bonds. The number of carbonyl (C=O) groups is 1. The summed E-state index contributed by atoms with van der Waals surface area (Å²) in [5, 5.41) is 0. The maximum Gasteiger partial charge on any atom is 0.341 e. The lowest BCUT2D eigenvalue weighted by Crippen LogP contribution is -2.07. The van der Waals surface area contributed by atoms with Crippen molar-refractivity contribution >= 4 is 11.7 Å². The summed E-state index contributed by atoms with van der Waals surface area (Å²) in [6.07, 6.45) is 0. The van der Waals surface area contributed by atoms with E-state index < -0.39 is 5.97 Å². The molecule has 1 aromatic carbocycles. The molecule has 0 heterocycles. The third kappa shape index (κ3) is 2.16. The third-order valence-electron chi connectivity index (χ3n) is 1.72. The van der Waals surface area contributed by atoms with E-state index in [1.54, 1.807) is 19.1 Å². The Morgan fingerprint density at radius 3 is 2.79 bits per heavy atom. The quantitative estimate of drug-likeness (QED) is 0.585. The van der Waals surface area contributed by atoms with Gasteiger partial charge in [-0.3, -0.25) is 0 Å². The van der Waals surface area contributed by atoms with Crippen molar-refractivity contribution in [3.63, 3.8) is 0 Å². The van der Waals surface area contributed by atoms with Crippen LogP contribution in [0.15, 0.2) is 18.2 Å². The molecule has 76 valence electrons. The molecule has 14 heavy (non-hydrogen) atoms. The predicted octanol–water partition coefficient (Wildman–Crippen LogP) is 1.45. The molecule has 0 unspecified atom stereocenters. The molecule has 0 aliphatic carbocycles. The minimum atomic E-state index is -0.420. The topological polar surface area (TPSA) is 61.5 Å². The SMILES string of the molecule is CCOC(=O)c1cc(N)ccc1OC. The minimum absolute atomic E-state index is 0.330. The van der Waals surface area contributed by atoms with Gasteiger partial charge in [0, 0.05) is 5.69 Å². The van der Waals surface area contributed by atoms with Crippen LogP contribution in [0.4, 0.5) is 5.69 Å². The maximum absolute atomic E-state index is 11.4. The zero-order chi connectivity index (χ0) is 10.6. The fraction of sp³-hybridized carbons (Fsp3) is 0.300. The molecule has 4 heteroatoms. The van der Waals surface area contributed by atoms with Gasteiger partial charge in [0.05, 0.1) is 13.7 Å². The second-order valence-electron chi connectivity index (χ2n) is 2.68. The molecule has 0 aromatic heterocycles. The first-order valence-electron chi connectivity index (χ1n) is 4.29. The molecule has 0 bridgehead atoms. The summed E-state index contributed by atoms with van der Waals surface area (Å²) in [6, 6.07) is 4.85. The van der Waals surface area contributed by atoms with E-state index in [-0.39, 0.29) is 0 Å². The van der Waals surface area contributed by atoms with Crippen LogP contribution in [0.25, 0.3) is 0 Å². The number of rotatable bonds is 3. The molecular weight excluding hydrogens is 182 g/mol. The fourth-order valence-corrected chi connectivity index (χ4v) is 1.09. The summed E-state index contributed by atoms with van der Waals surface area (Å²) in [7, 11) is 1.49. The Hall–Kier alpha value is -1.71. The van der Waals surface area contributed by atoms with E-state index in [9.17, 15) is 4.79 Å². The van der Waals surface area contributed by atoms with Gasteiger partial charge >= 0.3 is 5.97 Å². The molecule has 4 nitrogen and oxygen atoms in total. The molecule has 0 radical (unpaired) electrons. The van der Waals surface area contributed by atoms with Crippen LogP contribution in [-0.4, -0.2) is 19.7 Å². The molecule has 0 atom stereocenters. The number of methoxy groups -OCH3 is 1. The van der Waals surface area contributed by atoms with Crippen molar-refractivity contribution in [1.82, 2.24) is 0 Å². The maximum atomic E-state index is 11.4. The molecule has 1 aromatic rings. The van der Waals surface area contributed by atoms with E-state index in [2.05, 4.69) is 0 Å². The van der Waals surface area contributed by atoms with E-state index in [0.29, 0.717) is 23.6 Å². The lowest BCUT2D eigenvalue weighted by molar-refractivity contribution is 0.0523. The highest BCUT2D eigenvalue weighted by Crippen LogP contribution is 2.21. The summed E-state index contributed by atoms with van der Waals surface area (Å²) in [5.41, 5.74) is 6.42. The summed E-state index contributed by atoms with van der Waals surface area (Å²) in [6.45, 7) is 2.08. The van der Waals surface area contributed by atoms with Gasteiger partial charge in [0.25, 0.3) is 0 Å². The predicted molar refractivity (Wildman–Crippen MR) is 53.4 cm³/mol. The number of esters is 1. The van der Waals surface area contributed by atoms with Gasteiger partial charge in [0.1, 0.15) is 11.3 Å². The first kappa shape index (κ1) is 10.4. The van der Waals surface area contributed by atoms with Crippen molar-refractivity contribution in [3.05, 3.63) is 23.8 Å². The standard InChI is InChI=1S/C10H13NO3/c1-3-14-10(12)8-6-7(11)4-5-9(8)13-2/h4-6H,3,11H2,1-2H3. The van der Waals surface area contributed by atoms with Crippen molar-refractivity contribution in [2.75, 3.05) is 19.5 Å². The lowest BCUT2D eigenvalue weighted by Gasteiger charge is -2.07. The highest BCUT2D eigenvalue weighted by atomic mass is 16.5. The number of benzene rings is 1. The molecular formula is C10H13NO3.